The lowest BCUT2D eigenvalue weighted by atomic mass is 10.1. The second kappa shape index (κ2) is 6.88. The molecule has 0 fully saturated rings. The molecule has 1 heterocycles. The SMILES string of the molecule is O=S(=O)(Nc1ccc(-c2nc(Cl)c(Cl)[nH]2)cc1)c1ccc2ccccc2c1. The van der Waals surface area contributed by atoms with E-state index in [2.05, 4.69) is 14.7 Å². The highest BCUT2D eigenvalue weighted by Gasteiger charge is 2.15. The predicted molar refractivity (Wildman–Crippen MR) is 109 cm³/mol. The second-order valence-corrected chi connectivity index (χ2v) is 8.30. The summed E-state index contributed by atoms with van der Waals surface area (Å²) in [7, 11) is -3.70. The fourth-order valence-electron chi connectivity index (χ4n) is 2.71. The normalized spacial score (nSPS) is 11.6. The van der Waals surface area contributed by atoms with Crippen molar-refractivity contribution in [2.75, 3.05) is 4.72 Å². The van der Waals surface area contributed by atoms with Crippen LogP contribution in [0.2, 0.25) is 10.3 Å². The van der Waals surface area contributed by atoms with E-state index in [1.54, 1.807) is 42.5 Å². The van der Waals surface area contributed by atoms with Crippen molar-refractivity contribution < 1.29 is 8.42 Å². The van der Waals surface area contributed by atoms with E-state index in [9.17, 15) is 8.42 Å². The Balaban J connectivity index is 1.60. The zero-order valence-electron chi connectivity index (χ0n) is 13.8. The zero-order valence-corrected chi connectivity index (χ0v) is 16.1. The van der Waals surface area contributed by atoms with Crippen molar-refractivity contribution in [2.24, 2.45) is 0 Å². The molecule has 5 nitrogen and oxygen atoms in total. The van der Waals surface area contributed by atoms with Crippen LogP contribution in [0.15, 0.2) is 71.6 Å². The van der Waals surface area contributed by atoms with Gasteiger partial charge in [-0.05, 0) is 47.2 Å². The molecular formula is C19H13Cl2N3O2S. The molecule has 0 aliphatic carbocycles. The average Bonchev–Trinajstić information content (AvgIpc) is 3.00. The molecule has 8 heteroatoms. The van der Waals surface area contributed by atoms with Crippen molar-refractivity contribution in [3.8, 4) is 11.4 Å². The lowest BCUT2D eigenvalue weighted by Gasteiger charge is -2.09. The van der Waals surface area contributed by atoms with Gasteiger partial charge in [-0.3, -0.25) is 4.72 Å². The van der Waals surface area contributed by atoms with E-state index < -0.39 is 10.0 Å². The molecule has 0 aliphatic heterocycles. The van der Waals surface area contributed by atoms with Gasteiger partial charge in [-0.25, -0.2) is 13.4 Å². The van der Waals surface area contributed by atoms with Crippen molar-refractivity contribution in [2.45, 2.75) is 4.90 Å². The summed E-state index contributed by atoms with van der Waals surface area (Å²) in [6, 6.07) is 19.4. The minimum absolute atomic E-state index is 0.188. The predicted octanol–water partition coefficient (Wildman–Crippen LogP) is 5.34. The number of imidazole rings is 1. The highest BCUT2D eigenvalue weighted by Crippen LogP contribution is 2.26. The molecule has 4 rings (SSSR count). The average molecular weight is 418 g/mol. The van der Waals surface area contributed by atoms with Crippen LogP contribution in [-0.2, 0) is 10.0 Å². The van der Waals surface area contributed by atoms with E-state index in [0.717, 1.165) is 16.3 Å². The summed E-state index contributed by atoms with van der Waals surface area (Å²) >= 11 is 11.7. The van der Waals surface area contributed by atoms with Gasteiger partial charge < -0.3 is 4.98 Å². The summed E-state index contributed by atoms with van der Waals surface area (Å²) in [5, 5.41) is 2.29. The number of aromatic nitrogens is 2. The van der Waals surface area contributed by atoms with Gasteiger partial charge in [0.25, 0.3) is 10.0 Å². The number of sulfonamides is 1. The molecule has 0 saturated heterocycles. The van der Waals surface area contributed by atoms with Gasteiger partial charge >= 0.3 is 0 Å². The molecule has 4 aromatic rings. The maximum absolute atomic E-state index is 12.7. The molecule has 0 spiro atoms. The number of hydrogen-bond donors (Lipinski definition) is 2. The Kier molecular flexibility index (Phi) is 4.55. The van der Waals surface area contributed by atoms with Gasteiger partial charge in [0.05, 0.1) is 4.90 Å². The van der Waals surface area contributed by atoms with Gasteiger partial charge in [0.2, 0.25) is 0 Å². The largest absolute Gasteiger partial charge is 0.328 e. The standard InChI is InChI=1S/C19H13Cl2N3O2S/c20-17-18(21)23-19(22-17)13-5-8-15(9-6-13)24-27(25,26)16-10-7-12-3-1-2-4-14(12)11-16/h1-11,24H,(H,22,23). The van der Waals surface area contributed by atoms with E-state index in [1.165, 1.54) is 0 Å². The monoisotopic (exact) mass is 417 g/mol. The Morgan fingerprint density at radius 3 is 2.26 bits per heavy atom. The molecule has 0 bridgehead atoms. The minimum atomic E-state index is -3.70. The number of nitrogens with one attached hydrogen (secondary N) is 2. The molecule has 0 aliphatic rings. The van der Waals surface area contributed by atoms with Crippen molar-refractivity contribution in [1.82, 2.24) is 9.97 Å². The van der Waals surface area contributed by atoms with E-state index >= 15 is 0 Å². The van der Waals surface area contributed by atoms with E-state index in [0.29, 0.717) is 11.5 Å². The maximum Gasteiger partial charge on any atom is 0.261 e. The summed E-state index contributed by atoms with van der Waals surface area (Å²) in [5.41, 5.74) is 1.17. The number of H-pyrrole nitrogens is 1. The quantitative estimate of drug-likeness (QED) is 0.470. The van der Waals surface area contributed by atoms with Crippen LogP contribution in [0.5, 0.6) is 0 Å². The number of aromatic amines is 1. The van der Waals surface area contributed by atoms with Crippen molar-refractivity contribution in [3.63, 3.8) is 0 Å². The van der Waals surface area contributed by atoms with Gasteiger partial charge in [-0.1, -0.05) is 53.5 Å². The molecule has 136 valence electrons. The molecule has 27 heavy (non-hydrogen) atoms. The number of hydrogen-bond acceptors (Lipinski definition) is 3. The van der Waals surface area contributed by atoms with E-state index in [1.807, 2.05) is 24.3 Å². The summed E-state index contributed by atoms with van der Waals surface area (Å²) < 4.78 is 28.0. The number of benzene rings is 3. The van der Waals surface area contributed by atoms with Crippen LogP contribution in [0.25, 0.3) is 22.2 Å². The Morgan fingerprint density at radius 2 is 1.59 bits per heavy atom. The first-order valence-electron chi connectivity index (χ1n) is 7.95. The molecular weight excluding hydrogens is 405 g/mol. The second-order valence-electron chi connectivity index (χ2n) is 5.88. The smallest absolute Gasteiger partial charge is 0.261 e. The van der Waals surface area contributed by atoms with Crippen LogP contribution in [0, 0.1) is 0 Å². The highest BCUT2D eigenvalue weighted by atomic mass is 35.5. The number of halogens is 2. The Bertz CT molecular complexity index is 1220. The minimum Gasteiger partial charge on any atom is -0.328 e. The molecule has 3 aromatic carbocycles. The van der Waals surface area contributed by atoms with Crippen molar-refractivity contribution in [3.05, 3.63) is 77.0 Å². The van der Waals surface area contributed by atoms with Crippen LogP contribution in [0.1, 0.15) is 0 Å². The molecule has 0 unspecified atom stereocenters. The third-order valence-electron chi connectivity index (χ3n) is 4.06. The van der Waals surface area contributed by atoms with E-state index in [-0.39, 0.29) is 15.2 Å². The fraction of sp³-hybridized carbons (Fsp3) is 0. The van der Waals surface area contributed by atoms with Crippen LogP contribution in [-0.4, -0.2) is 18.4 Å². The number of anilines is 1. The first kappa shape index (κ1) is 17.9. The van der Waals surface area contributed by atoms with Crippen LogP contribution in [0.4, 0.5) is 5.69 Å². The van der Waals surface area contributed by atoms with Crippen LogP contribution >= 0.6 is 23.2 Å². The number of rotatable bonds is 4. The third-order valence-corrected chi connectivity index (χ3v) is 6.08. The van der Waals surface area contributed by atoms with Gasteiger partial charge in [0.1, 0.15) is 11.0 Å². The topological polar surface area (TPSA) is 74.8 Å². The molecule has 0 radical (unpaired) electrons. The van der Waals surface area contributed by atoms with Crippen molar-refractivity contribution in [1.29, 1.82) is 0 Å². The molecule has 2 N–H and O–H groups in total. The molecule has 0 amide bonds. The maximum atomic E-state index is 12.7. The third kappa shape index (κ3) is 3.64. The van der Waals surface area contributed by atoms with Gasteiger partial charge in [0, 0.05) is 11.3 Å². The Hall–Kier alpha value is -2.54. The Morgan fingerprint density at radius 1 is 0.889 bits per heavy atom. The first-order chi connectivity index (χ1) is 12.9. The van der Waals surface area contributed by atoms with Gasteiger partial charge in [-0.15, -0.1) is 0 Å². The molecule has 0 atom stereocenters. The molecule has 1 aromatic heterocycles. The fourth-order valence-corrected chi connectivity index (χ4v) is 4.07. The first-order valence-corrected chi connectivity index (χ1v) is 10.2. The summed E-state index contributed by atoms with van der Waals surface area (Å²) in [6.45, 7) is 0. The highest BCUT2D eigenvalue weighted by molar-refractivity contribution is 7.92. The van der Waals surface area contributed by atoms with Crippen molar-refractivity contribution >= 4 is 49.7 Å². The lowest BCUT2D eigenvalue weighted by Crippen LogP contribution is -2.12. The lowest BCUT2D eigenvalue weighted by molar-refractivity contribution is 0.601. The Labute approximate surface area is 166 Å². The number of nitrogens with zero attached hydrogens (tertiary/aromatic N) is 1. The summed E-state index contributed by atoms with van der Waals surface area (Å²) in [6.07, 6.45) is 0. The number of fused-ring (bicyclic) bond motifs is 1. The van der Waals surface area contributed by atoms with Gasteiger partial charge in [-0.2, -0.15) is 0 Å². The summed E-state index contributed by atoms with van der Waals surface area (Å²) in [5.74, 6) is 0.508. The zero-order chi connectivity index (χ0) is 19.0. The van der Waals surface area contributed by atoms with Gasteiger partial charge in [0.15, 0.2) is 5.15 Å². The summed E-state index contributed by atoms with van der Waals surface area (Å²) in [4.78, 5) is 7.16. The molecule has 0 saturated carbocycles. The van der Waals surface area contributed by atoms with E-state index in [4.69, 9.17) is 23.2 Å². The van der Waals surface area contributed by atoms with Crippen LogP contribution < -0.4 is 4.72 Å². The van der Waals surface area contributed by atoms with Crippen LogP contribution in [0.3, 0.4) is 0 Å².